The molecule has 1 saturated heterocycles. The van der Waals surface area contributed by atoms with Crippen molar-refractivity contribution in [1.82, 2.24) is 0 Å². The maximum Gasteiger partial charge on any atom is 0.0410 e. The largest absolute Gasteiger partial charge is 0.371 e. The predicted molar refractivity (Wildman–Crippen MR) is 91.3 cm³/mol. The lowest BCUT2D eigenvalue weighted by molar-refractivity contribution is 0.356. The van der Waals surface area contributed by atoms with Gasteiger partial charge in [0.05, 0.1) is 0 Å². The van der Waals surface area contributed by atoms with E-state index >= 15 is 0 Å². The van der Waals surface area contributed by atoms with Gasteiger partial charge in [-0.25, -0.2) is 0 Å². The Morgan fingerprint density at radius 3 is 2.55 bits per heavy atom. The number of nitrogens with two attached hydrogens (primary N) is 1. The van der Waals surface area contributed by atoms with Crippen molar-refractivity contribution >= 4 is 21.6 Å². The Balaban J connectivity index is 2.26. The smallest absolute Gasteiger partial charge is 0.0410 e. The van der Waals surface area contributed by atoms with Gasteiger partial charge >= 0.3 is 0 Å². The van der Waals surface area contributed by atoms with Crippen LogP contribution in [0.15, 0.2) is 22.7 Å². The van der Waals surface area contributed by atoms with Crippen LogP contribution >= 0.6 is 15.9 Å². The van der Waals surface area contributed by atoms with Crippen LogP contribution in [0.3, 0.4) is 0 Å². The molecule has 0 radical (unpaired) electrons. The summed E-state index contributed by atoms with van der Waals surface area (Å²) in [5.41, 5.74) is 8.93. The van der Waals surface area contributed by atoms with Crippen molar-refractivity contribution < 1.29 is 0 Å². The van der Waals surface area contributed by atoms with Crippen LogP contribution in [0.25, 0.3) is 0 Å². The molecular weight excluding hydrogens is 312 g/mol. The molecule has 1 aliphatic heterocycles. The van der Waals surface area contributed by atoms with Crippen molar-refractivity contribution in [3.05, 3.63) is 28.2 Å². The van der Waals surface area contributed by atoms with E-state index in [0.717, 1.165) is 42.2 Å². The molecule has 3 heteroatoms. The molecule has 0 amide bonds. The van der Waals surface area contributed by atoms with Crippen LogP contribution in [0, 0.1) is 11.8 Å². The summed E-state index contributed by atoms with van der Waals surface area (Å²) in [5, 5.41) is 0. The van der Waals surface area contributed by atoms with Gasteiger partial charge in [0.1, 0.15) is 0 Å². The van der Waals surface area contributed by atoms with Gasteiger partial charge < -0.3 is 10.6 Å². The van der Waals surface area contributed by atoms with Crippen LogP contribution in [-0.4, -0.2) is 19.1 Å². The molecule has 1 aromatic rings. The van der Waals surface area contributed by atoms with Crippen LogP contribution in [0.1, 0.15) is 39.2 Å². The lowest BCUT2D eigenvalue weighted by atomic mass is 9.90. The third-order valence-electron chi connectivity index (χ3n) is 4.26. The quantitative estimate of drug-likeness (QED) is 0.890. The van der Waals surface area contributed by atoms with E-state index < -0.39 is 0 Å². The molecule has 1 fully saturated rings. The molecule has 3 atom stereocenters. The first kappa shape index (κ1) is 15.8. The topological polar surface area (TPSA) is 29.3 Å². The first-order valence-corrected chi connectivity index (χ1v) is 8.57. The fraction of sp³-hybridized carbons (Fsp3) is 0.647. The SMILES string of the molecule is CCC(N)Cc1ccc(Br)cc1N1CC(C)CC(C)C1. The molecule has 20 heavy (non-hydrogen) atoms. The Morgan fingerprint density at radius 2 is 1.95 bits per heavy atom. The van der Waals surface area contributed by atoms with Gasteiger partial charge in [0.25, 0.3) is 0 Å². The van der Waals surface area contributed by atoms with Crippen LogP contribution in [0.5, 0.6) is 0 Å². The third kappa shape index (κ3) is 3.98. The predicted octanol–water partition coefficient (Wildman–Crippen LogP) is 4.21. The summed E-state index contributed by atoms with van der Waals surface area (Å²) in [5.74, 6) is 1.54. The molecule has 2 nitrogen and oxygen atoms in total. The van der Waals surface area contributed by atoms with Gasteiger partial charge in [-0.05, 0) is 48.8 Å². The summed E-state index contributed by atoms with van der Waals surface area (Å²) in [6.45, 7) is 9.20. The van der Waals surface area contributed by atoms with Crippen LogP contribution in [-0.2, 0) is 6.42 Å². The molecule has 112 valence electrons. The number of halogens is 1. The number of rotatable bonds is 4. The van der Waals surface area contributed by atoms with Crippen LogP contribution < -0.4 is 10.6 Å². The van der Waals surface area contributed by atoms with Crippen LogP contribution in [0.2, 0.25) is 0 Å². The fourth-order valence-corrected chi connectivity index (χ4v) is 3.64. The van der Waals surface area contributed by atoms with Crippen molar-refractivity contribution in [1.29, 1.82) is 0 Å². The lowest BCUT2D eigenvalue weighted by Gasteiger charge is -2.38. The molecule has 3 unspecified atom stereocenters. The summed E-state index contributed by atoms with van der Waals surface area (Å²) in [6, 6.07) is 6.90. The Morgan fingerprint density at radius 1 is 1.30 bits per heavy atom. The highest BCUT2D eigenvalue weighted by molar-refractivity contribution is 9.10. The average molecular weight is 339 g/mol. The maximum atomic E-state index is 6.17. The third-order valence-corrected chi connectivity index (χ3v) is 4.76. The minimum absolute atomic E-state index is 0.259. The molecule has 1 aliphatic rings. The molecule has 0 bridgehead atoms. The number of hydrogen-bond donors (Lipinski definition) is 1. The monoisotopic (exact) mass is 338 g/mol. The Hall–Kier alpha value is -0.540. The fourth-order valence-electron chi connectivity index (χ4n) is 3.29. The second-order valence-electron chi connectivity index (χ2n) is 6.50. The summed E-state index contributed by atoms with van der Waals surface area (Å²) >= 11 is 3.62. The van der Waals surface area contributed by atoms with Crippen LogP contribution in [0.4, 0.5) is 5.69 Å². The normalized spacial score (nSPS) is 24.8. The van der Waals surface area contributed by atoms with E-state index in [1.807, 2.05) is 0 Å². The zero-order valence-corrected chi connectivity index (χ0v) is 14.5. The van der Waals surface area contributed by atoms with Crippen molar-refractivity contribution in [2.45, 2.75) is 46.1 Å². The molecule has 2 N–H and O–H groups in total. The van der Waals surface area contributed by atoms with Gasteiger partial charge in [0, 0.05) is 29.3 Å². The first-order valence-electron chi connectivity index (χ1n) is 7.78. The number of nitrogens with zero attached hydrogens (tertiary/aromatic N) is 1. The van der Waals surface area contributed by atoms with E-state index in [1.165, 1.54) is 17.7 Å². The summed E-state index contributed by atoms with van der Waals surface area (Å²) < 4.78 is 1.16. The van der Waals surface area contributed by atoms with Crippen molar-refractivity contribution in [3.63, 3.8) is 0 Å². The Kier molecular flexibility index (Phi) is 5.50. The van der Waals surface area contributed by atoms with E-state index in [1.54, 1.807) is 0 Å². The van der Waals surface area contributed by atoms with Crippen molar-refractivity contribution in [3.8, 4) is 0 Å². The Bertz CT molecular complexity index is 437. The van der Waals surface area contributed by atoms with E-state index in [4.69, 9.17) is 5.73 Å². The molecular formula is C17H27BrN2. The minimum Gasteiger partial charge on any atom is -0.371 e. The van der Waals surface area contributed by atoms with Gasteiger partial charge in [-0.2, -0.15) is 0 Å². The number of anilines is 1. The summed E-state index contributed by atoms with van der Waals surface area (Å²) in [6.07, 6.45) is 3.34. The highest BCUT2D eigenvalue weighted by Crippen LogP contribution is 2.31. The number of piperidine rings is 1. The Labute approximate surface area is 131 Å². The first-order chi connectivity index (χ1) is 9.49. The highest BCUT2D eigenvalue weighted by Gasteiger charge is 2.24. The van der Waals surface area contributed by atoms with Crippen molar-refractivity contribution in [2.24, 2.45) is 17.6 Å². The molecule has 1 heterocycles. The molecule has 2 rings (SSSR count). The van der Waals surface area contributed by atoms with E-state index in [-0.39, 0.29) is 6.04 Å². The van der Waals surface area contributed by atoms with Gasteiger partial charge in [-0.3, -0.25) is 0 Å². The zero-order valence-electron chi connectivity index (χ0n) is 12.9. The molecule has 1 aromatic carbocycles. The van der Waals surface area contributed by atoms with Gasteiger partial charge in [0.15, 0.2) is 0 Å². The standard InChI is InChI=1S/C17H27BrN2/c1-4-16(19)8-14-5-6-15(18)9-17(14)20-10-12(2)7-13(3)11-20/h5-6,9,12-13,16H,4,7-8,10-11,19H2,1-3H3. The molecule has 0 saturated carbocycles. The molecule has 0 aliphatic carbocycles. The van der Waals surface area contributed by atoms with Gasteiger partial charge in [-0.15, -0.1) is 0 Å². The second kappa shape index (κ2) is 6.95. The average Bonchev–Trinajstić information content (AvgIpc) is 2.39. The van der Waals surface area contributed by atoms with Gasteiger partial charge in [0.2, 0.25) is 0 Å². The maximum absolute atomic E-state index is 6.17. The van der Waals surface area contributed by atoms with E-state index in [0.29, 0.717) is 0 Å². The second-order valence-corrected chi connectivity index (χ2v) is 7.41. The number of benzene rings is 1. The molecule has 0 spiro atoms. The van der Waals surface area contributed by atoms with Gasteiger partial charge in [-0.1, -0.05) is 42.8 Å². The van der Waals surface area contributed by atoms with E-state index in [9.17, 15) is 0 Å². The summed E-state index contributed by atoms with van der Waals surface area (Å²) in [4.78, 5) is 2.56. The highest BCUT2D eigenvalue weighted by atomic mass is 79.9. The minimum atomic E-state index is 0.259. The molecule has 0 aromatic heterocycles. The number of hydrogen-bond acceptors (Lipinski definition) is 2. The van der Waals surface area contributed by atoms with E-state index in [2.05, 4.69) is 59.8 Å². The summed E-state index contributed by atoms with van der Waals surface area (Å²) in [7, 11) is 0. The zero-order chi connectivity index (χ0) is 14.7. The van der Waals surface area contributed by atoms with Crippen molar-refractivity contribution in [2.75, 3.05) is 18.0 Å². The lowest BCUT2D eigenvalue weighted by Crippen LogP contribution is -2.39.